The molecule has 17 heavy (non-hydrogen) atoms. The molecule has 1 unspecified atom stereocenters. The zero-order chi connectivity index (χ0) is 12.3. The third-order valence-corrected chi connectivity index (χ3v) is 3.53. The lowest BCUT2D eigenvalue weighted by molar-refractivity contribution is 0.0899. The topological polar surface area (TPSA) is 29.1 Å². The number of rotatable bonds is 3. The minimum atomic E-state index is 0.175. The summed E-state index contributed by atoms with van der Waals surface area (Å²) in [6.45, 7) is 6.23. The van der Waals surface area contributed by atoms with Gasteiger partial charge in [0, 0.05) is 18.0 Å². The predicted molar refractivity (Wildman–Crippen MR) is 70.5 cm³/mol. The molecule has 1 atom stereocenters. The van der Waals surface area contributed by atoms with Gasteiger partial charge in [-0.15, -0.1) is 0 Å². The lowest BCUT2D eigenvalue weighted by atomic mass is 9.90. The Morgan fingerprint density at radius 2 is 2.00 bits per heavy atom. The highest BCUT2D eigenvalue weighted by molar-refractivity contribution is 5.98. The molecular weight excluding hydrogens is 210 g/mol. The molecule has 1 fully saturated rings. The fraction of sp³-hybridized carbons (Fsp3) is 0.533. The van der Waals surface area contributed by atoms with Gasteiger partial charge in [0.15, 0.2) is 5.78 Å². The summed E-state index contributed by atoms with van der Waals surface area (Å²) >= 11 is 0. The minimum absolute atomic E-state index is 0.175. The summed E-state index contributed by atoms with van der Waals surface area (Å²) < 4.78 is 0. The van der Waals surface area contributed by atoms with Crippen LogP contribution in [0.2, 0.25) is 0 Å². The Balaban J connectivity index is 2.08. The van der Waals surface area contributed by atoms with E-state index < -0.39 is 0 Å². The van der Waals surface area contributed by atoms with Gasteiger partial charge in [-0.2, -0.15) is 0 Å². The largest absolute Gasteiger partial charge is 0.316 e. The van der Waals surface area contributed by atoms with Gasteiger partial charge in [0.25, 0.3) is 0 Å². The summed E-state index contributed by atoms with van der Waals surface area (Å²) in [5.74, 6) is 0.997. The number of nitrogens with one attached hydrogen (secondary N) is 1. The summed E-state index contributed by atoms with van der Waals surface area (Å²) in [5, 5.41) is 3.29. The first kappa shape index (κ1) is 12.3. The molecule has 0 aromatic heterocycles. The molecule has 0 aliphatic carbocycles. The number of ketones is 1. The number of carbonyl (C=O) groups is 1. The fourth-order valence-electron chi connectivity index (χ4n) is 2.34. The second-order valence-electron chi connectivity index (χ2n) is 5.18. The molecule has 2 nitrogen and oxygen atoms in total. The van der Waals surface area contributed by atoms with Crippen LogP contribution in [0.1, 0.15) is 48.5 Å². The van der Waals surface area contributed by atoms with Crippen molar-refractivity contribution in [2.45, 2.75) is 32.6 Å². The first-order valence-electron chi connectivity index (χ1n) is 6.53. The average Bonchev–Trinajstić information content (AvgIpc) is 2.39. The highest BCUT2D eigenvalue weighted by Gasteiger charge is 2.21. The lowest BCUT2D eigenvalue weighted by Crippen LogP contribution is -2.34. The Morgan fingerprint density at radius 3 is 2.53 bits per heavy atom. The van der Waals surface area contributed by atoms with Gasteiger partial charge in [0.1, 0.15) is 0 Å². The number of hydrogen-bond acceptors (Lipinski definition) is 2. The lowest BCUT2D eigenvalue weighted by Gasteiger charge is -2.21. The SMILES string of the molecule is CC(C)c1ccc(C(=O)C2CCCNC2)cc1. The van der Waals surface area contributed by atoms with Crippen molar-refractivity contribution in [3.05, 3.63) is 35.4 Å². The highest BCUT2D eigenvalue weighted by atomic mass is 16.1. The number of benzene rings is 1. The molecule has 1 aromatic rings. The van der Waals surface area contributed by atoms with Crippen LogP contribution in [0.25, 0.3) is 0 Å². The van der Waals surface area contributed by atoms with E-state index in [-0.39, 0.29) is 5.92 Å². The molecule has 92 valence electrons. The monoisotopic (exact) mass is 231 g/mol. The van der Waals surface area contributed by atoms with Crippen molar-refractivity contribution >= 4 is 5.78 Å². The highest BCUT2D eigenvalue weighted by Crippen LogP contribution is 2.19. The Hall–Kier alpha value is -1.15. The van der Waals surface area contributed by atoms with Crippen LogP contribution >= 0.6 is 0 Å². The summed E-state index contributed by atoms with van der Waals surface area (Å²) in [7, 11) is 0. The summed E-state index contributed by atoms with van der Waals surface area (Å²) in [4.78, 5) is 12.2. The normalized spacial score (nSPS) is 20.5. The van der Waals surface area contributed by atoms with Gasteiger partial charge in [0.05, 0.1) is 0 Å². The van der Waals surface area contributed by atoms with Crippen molar-refractivity contribution in [2.75, 3.05) is 13.1 Å². The van der Waals surface area contributed by atoms with Gasteiger partial charge >= 0.3 is 0 Å². The van der Waals surface area contributed by atoms with Crippen molar-refractivity contribution < 1.29 is 4.79 Å². The van der Waals surface area contributed by atoms with Crippen LogP contribution in [0.4, 0.5) is 0 Å². The van der Waals surface area contributed by atoms with Crippen molar-refractivity contribution in [1.82, 2.24) is 5.32 Å². The van der Waals surface area contributed by atoms with Gasteiger partial charge in [-0.1, -0.05) is 38.1 Å². The first-order valence-corrected chi connectivity index (χ1v) is 6.53. The van der Waals surface area contributed by atoms with E-state index in [4.69, 9.17) is 0 Å². The van der Waals surface area contributed by atoms with E-state index >= 15 is 0 Å². The summed E-state index contributed by atoms with van der Waals surface area (Å²) in [6.07, 6.45) is 2.14. The molecular formula is C15H21NO. The minimum Gasteiger partial charge on any atom is -0.316 e. The van der Waals surface area contributed by atoms with Crippen LogP contribution in [0.15, 0.2) is 24.3 Å². The van der Waals surface area contributed by atoms with E-state index in [2.05, 4.69) is 31.3 Å². The van der Waals surface area contributed by atoms with E-state index in [0.29, 0.717) is 11.7 Å². The van der Waals surface area contributed by atoms with Crippen LogP contribution in [0, 0.1) is 5.92 Å². The average molecular weight is 231 g/mol. The smallest absolute Gasteiger partial charge is 0.167 e. The fourth-order valence-corrected chi connectivity index (χ4v) is 2.34. The second kappa shape index (κ2) is 5.46. The van der Waals surface area contributed by atoms with Crippen LogP contribution in [0.3, 0.4) is 0 Å². The molecule has 0 spiro atoms. The molecule has 1 saturated heterocycles. The number of hydrogen-bond donors (Lipinski definition) is 1. The van der Waals surface area contributed by atoms with Crippen molar-refractivity contribution in [3.8, 4) is 0 Å². The standard InChI is InChI=1S/C15H21NO/c1-11(2)12-5-7-13(8-6-12)15(17)14-4-3-9-16-10-14/h5-8,11,14,16H,3-4,9-10H2,1-2H3. The van der Waals surface area contributed by atoms with Gasteiger partial charge in [-0.3, -0.25) is 4.79 Å². The van der Waals surface area contributed by atoms with Gasteiger partial charge in [-0.25, -0.2) is 0 Å². The molecule has 2 rings (SSSR count). The third kappa shape index (κ3) is 2.95. The molecule has 1 aliphatic heterocycles. The Bertz CT molecular complexity index is 374. The summed E-state index contributed by atoms with van der Waals surface area (Å²) in [6, 6.07) is 8.11. The molecule has 1 aliphatic rings. The van der Waals surface area contributed by atoms with Gasteiger partial charge in [0.2, 0.25) is 0 Å². The van der Waals surface area contributed by atoms with E-state index in [1.807, 2.05) is 12.1 Å². The third-order valence-electron chi connectivity index (χ3n) is 3.53. The van der Waals surface area contributed by atoms with E-state index in [1.165, 1.54) is 5.56 Å². The maximum absolute atomic E-state index is 12.2. The zero-order valence-corrected chi connectivity index (χ0v) is 10.7. The quantitative estimate of drug-likeness (QED) is 0.810. The van der Waals surface area contributed by atoms with E-state index in [9.17, 15) is 4.79 Å². The Labute approximate surface area is 103 Å². The predicted octanol–water partition coefficient (Wildman–Crippen LogP) is 2.99. The number of piperidine rings is 1. The van der Waals surface area contributed by atoms with Crippen molar-refractivity contribution in [2.24, 2.45) is 5.92 Å². The molecule has 0 saturated carbocycles. The number of carbonyl (C=O) groups excluding carboxylic acids is 1. The number of Topliss-reactive ketones (excluding diaryl/α,β-unsaturated/α-hetero) is 1. The van der Waals surface area contributed by atoms with Crippen LogP contribution in [-0.2, 0) is 0 Å². The van der Waals surface area contributed by atoms with Crippen LogP contribution < -0.4 is 5.32 Å². The summed E-state index contributed by atoms with van der Waals surface area (Å²) in [5.41, 5.74) is 2.16. The molecule has 1 N–H and O–H groups in total. The van der Waals surface area contributed by atoms with Crippen LogP contribution in [0.5, 0.6) is 0 Å². The Morgan fingerprint density at radius 1 is 1.29 bits per heavy atom. The molecule has 0 bridgehead atoms. The second-order valence-corrected chi connectivity index (χ2v) is 5.18. The van der Waals surface area contributed by atoms with E-state index in [1.54, 1.807) is 0 Å². The maximum Gasteiger partial charge on any atom is 0.167 e. The van der Waals surface area contributed by atoms with Gasteiger partial charge < -0.3 is 5.32 Å². The molecule has 0 radical (unpaired) electrons. The van der Waals surface area contributed by atoms with Gasteiger partial charge in [-0.05, 0) is 30.9 Å². The molecule has 2 heteroatoms. The zero-order valence-electron chi connectivity index (χ0n) is 10.7. The first-order chi connectivity index (χ1) is 8.18. The molecule has 1 aromatic carbocycles. The van der Waals surface area contributed by atoms with E-state index in [0.717, 1.165) is 31.5 Å². The maximum atomic E-state index is 12.2. The van der Waals surface area contributed by atoms with Crippen molar-refractivity contribution in [1.29, 1.82) is 0 Å². The van der Waals surface area contributed by atoms with Crippen molar-refractivity contribution in [3.63, 3.8) is 0 Å². The van der Waals surface area contributed by atoms with Crippen LogP contribution in [-0.4, -0.2) is 18.9 Å². The molecule has 1 heterocycles. The Kier molecular flexibility index (Phi) is 3.95. The molecule has 0 amide bonds.